The van der Waals surface area contributed by atoms with E-state index in [-0.39, 0.29) is 36.3 Å². The zero-order valence-corrected chi connectivity index (χ0v) is 36.7. The first-order valence-corrected chi connectivity index (χ1v) is 23.4. The summed E-state index contributed by atoms with van der Waals surface area (Å²) in [7, 11) is -0.435. The van der Waals surface area contributed by atoms with Crippen LogP contribution in [0, 0.1) is 11.5 Å². The number of nitrogens with zero attached hydrogens (tertiary/aromatic N) is 5. The van der Waals surface area contributed by atoms with Gasteiger partial charge in [-0.1, -0.05) is 83.9 Å². The van der Waals surface area contributed by atoms with Gasteiger partial charge in [0.1, 0.15) is 25.9 Å². The summed E-state index contributed by atoms with van der Waals surface area (Å²) < 4.78 is 24.0. The average molecular weight is 815 g/mol. The quantitative estimate of drug-likeness (QED) is 0.0684. The zero-order valence-electron chi connectivity index (χ0n) is 35.7. The molecule has 2 aromatic heterocycles. The third-order valence-electron chi connectivity index (χ3n) is 13.3. The first-order valence-electron chi connectivity index (χ1n) is 21.1. The van der Waals surface area contributed by atoms with Gasteiger partial charge in [0.25, 0.3) is 5.88 Å². The Balaban J connectivity index is 1.25. The Kier molecular flexibility index (Phi) is 11.3. The maximum Gasteiger partial charge on any atom is 0.417 e. The van der Waals surface area contributed by atoms with Crippen molar-refractivity contribution in [3.8, 4) is 40.2 Å². The SMILES string of the molecule is C=C1CN2CC(=C)CC2(COc2nc(OC(=O)N3C4CCC3CNC4)c3ncc(-c4cc(OCOC)cc5cccc(C#C[Si](C(C)C)(C(C)C)C(C)C)c45)cc3n2)C1. The molecule has 11 nitrogen and oxygen atoms in total. The lowest BCUT2D eigenvalue weighted by Gasteiger charge is -2.38. The third kappa shape index (κ3) is 7.63. The third-order valence-corrected chi connectivity index (χ3v) is 19.6. The van der Waals surface area contributed by atoms with Crippen LogP contribution in [0.15, 0.2) is 66.9 Å². The number of benzene rings is 2. The second kappa shape index (κ2) is 16.3. The number of carbonyl (C=O) groups is 1. The van der Waals surface area contributed by atoms with Crippen molar-refractivity contribution in [2.75, 3.05) is 46.7 Å². The largest absolute Gasteiger partial charge is 0.468 e. The van der Waals surface area contributed by atoms with Crippen LogP contribution in [0.3, 0.4) is 0 Å². The summed E-state index contributed by atoms with van der Waals surface area (Å²) in [5.41, 5.74) is 11.0. The molecule has 0 saturated carbocycles. The molecule has 8 rings (SSSR count). The van der Waals surface area contributed by atoms with Gasteiger partial charge >= 0.3 is 12.1 Å². The molecule has 4 fully saturated rings. The van der Waals surface area contributed by atoms with E-state index in [0.29, 0.717) is 40.0 Å². The Morgan fingerprint density at radius 1 is 0.966 bits per heavy atom. The van der Waals surface area contributed by atoms with E-state index >= 15 is 0 Å². The van der Waals surface area contributed by atoms with E-state index in [1.54, 1.807) is 13.3 Å². The Labute approximate surface area is 349 Å². The number of carbonyl (C=O) groups excluding carboxylic acids is 1. The molecule has 2 aromatic carbocycles. The summed E-state index contributed by atoms with van der Waals surface area (Å²) in [4.78, 5) is 32.8. The number of rotatable bonds is 11. The highest BCUT2D eigenvalue weighted by molar-refractivity contribution is 6.90. The van der Waals surface area contributed by atoms with Crippen LogP contribution in [0.4, 0.5) is 4.79 Å². The number of methoxy groups -OCH3 is 1. The second-order valence-corrected chi connectivity index (χ2v) is 23.6. The molecule has 2 atom stereocenters. The van der Waals surface area contributed by atoms with Crippen molar-refractivity contribution < 1.29 is 23.7 Å². The van der Waals surface area contributed by atoms with E-state index in [0.717, 1.165) is 79.3 Å². The molecular weight excluding hydrogens is 757 g/mol. The number of fused-ring (bicyclic) bond motifs is 5. The first-order chi connectivity index (χ1) is 28.3. The van der Waals surface area contributed by atoms with Gasteiger partial charge in [-0.25, -0.2) is 9.78 Å². The molecule has 2 unspecified atom stereocenters. The Morgan fingerprint density at radius 2 is 1.66 bits per heavy atom. The van der Waals surface area contributed by atoms with Crippen LogP contribution in [0.2, 0.25) is 16.6 Å². The van der Waals surface area contributed by atoms with Gasteiger partial charge in [-0.3, -0.25) is 9.80 Å². The highest BCUT2D eigenvalue weighted by Crippen LogP contribution is 2.44. The van der Waals surface area contributed by atoms with Crippen molar-refractivity contribution in [1.82, 2.24) is 30.1 Å². The molecule has 1 N–H and O–H groups in total. The lowest BCUT2D eigenvalue weighted by molar-refractivity contribution is 0.0512. The molecule has 310 valence electrons. The van der Waals surface area contributed by atoms with E-state index in [9.17, 15) is 4.79 Å². The molecule has 4 saturated heterocycles. The highest BCUT2D eigenvalue weighted by Gasteiger charge is 2.48. The summed E-state index contributed by atoms with van der Waals surface area (Å²) in [5.74, 6) is 4.46. The van der Waals surface area contributed by atoms with Gasteiger partial charge in [0.2, 0.25) is 0 Å². The van der Waals surface area contributed by atoms with Crippen molar-refractivity contribution in [1.29, 1.82) is 0 Å². The molecule has 4 aliphatic rings. The number of aromatic nitrogens is 3. The summed E-state index contributed by atoms with van der Waals surface area (Å²) in [6, 6.07) is 12.5. The van der Waals surface area contributed by atoms with Gasteiger partial charge in [-0.15, -0.1) is 5.54 Å². The summed E-state index contributed by atoms with van der Waals surface area (Å²) in [5, 5.41) is 5.42. The average Bonchev–Trinajstić information content (AvgIpc) is 3.76. The molecule has 12 heteroatoms. The van der Waals surface area contributed by atoms with Gasteiger partial charge in [0.15, 0.2) is 12.3 Å². The van der Waals surface area contributed by atoms with Gasteiger partial charge in [0.05, 0.1) is 5.54 Å². The number of ether oxygens (including phenoxy) is 4. The van der Waals surface area contributed by atoms with Gasteiger partial charge in [-0.05, 0) is 77.5 Å². The molecule has 59 heavy (non-hydrogen) atoms. The van der Waals surface area contributed by atoms with Crippen LogP contribution in [0.1, 0.15) is 72.8 Å². The second-order valence-electron chi connectivity index (χ2n) is 18.0. The fraction of sp³-hybridized carbons (Fsp3) is 0.489. The fourth-order valence-electron chi connectivity index (χ4n) is 10.7. The van der Waals surface area contributed by atoms with Crippen LogP contribution in [-0.4, -0.2) is 103 Å². The monoisotopic (exact) mass is 814 g/mol. The zero-order chi connectivity index (χ0) is 41.6. The number of piperazine rings is 1. The maximum absolute atomic E-state index is 13.9. The van der Waals surface area contributed by atoms with Crippen LogP contribution >= 0.6 is 0 Å². The van der Waals surface area contributed by atoms with E-state index in [2.05, 4.69) is 94.6 Å². The predicted octanol–water partition coefficient (Wildman–Crippen LogP) is 8.67. The normalized spacial score (nSPS) is 20.2. The van der Waals surface area contributed by atoms with E-state index in [4.69, 9.17) is 33.9 Å². The smallest absolute Gasteiger partial charge is 0.417 e. The lowest BCUT2D eigenvalue weighted by atomic mass is 9.92. The molecule has 6 heterocycles. The first kappa shape index (κ1) is 41.0. The van der Waals surface area contributed by atoms with Crippen molar-refractivity contribution in [2.45, 2.75) is 101 Å². The van der Waals surface area contributed by atoms with Crippen molar-refractivity contribution in [3.63, 3.8) is 0 Å². The Morgan fingerprint density at radius 3 is 2.32 bits per heavy atom. The summed E-state index contributed by atoms with van der Waals surface area (Å²) in [6.07, 6.45) is 4.86. The molecule has 0 aliphatic carbocycles. The van der Waals surface area contributed by atoms with E-state index in [1.165, 1.54) is 11.1 Å². The van der Waals surface area contributed by atoms with E-state index < -0.39 is 14.2 Å². The predicted molar refractivity (Wildman–Crippen MR) is 236 cm³/mol. The minimum atomic E-state index is -2.04. The molecule has 1 amide bonds. The van der Waals surface area contributed by atoms with Gasteiger partial charge in [-0.2, -0.15) is 9.97 Å². The Hall–Kier alpha value is -4.80. The minimum Gasteiger partial charge on any atom is -0.468 e. The fourth-order valence-corrected chi connectivity index (χ4v) is 15.9. The highest BCUT2D eigenvalue weighted by atomic mass is 28.3. The lowest BCUT2D eigenvalue weighted by Crippen LogP contribution is -2.55. The molecular formula is C47H58N6O5Si. The number of nitrogens with one attached hydrogen (secondary N) is 1. The van der Waals surface area contributed by atoms with Crippen molar-refractivity contribution >= 4 is 36.0 Å². The number of amides is 1. The minimum absolute atomic E-state index is 0.0754. The number of pyridine rings is 1. The Bertz CT molecular complexity index is 2310. The van der Waals surface area contributed by atoms with Crippen LogP contribution in [0.25, 0.3) is 32.9 Å². The summed E-state index contributed by atoms with van der Waals surface area (Å²) >= 11 is 0. The van der Waals surface area contributed by atoms with Crippen molar-refractivity contribution in [3.05, 3.63) is 72.5 Å². The molecule has 0 radical (unpaired) electrons. The summed E-state index contributed by atoms with van der Waals surface area (Å²) in [6.45, 7) is 26.1. The van der Waals surface area contributed by atoms with Gasteiger partial charge in [0, 0.05) is 68.1 Å². The molecule has 4 aliphatic heterocycles. The number of hydrogen-bond donors (Lipinski definition) is 1. The van der Waals surface area contributed by atoms with Crippen molar-refractivity contribution in [2.24, 2.45) is 0 Å². The number of hydrogen-bond acceptors (Lipinski definition) is 10. The van der Waals surface area contributed by atoms with Gasteiger partial charge < -0.3 is 24.3 Å². The van der Waals surface area contributed by atoms with Crippen LogP contribution < -0.4 is 19.5 Å². The topological polar surface area (TPSA) is 111 Å². The molecule has 2 bridgehead atoms. The van der Waals surface area contributed by atoms with Crippen LogP contribution in [0.5, 0.6) is 17.6 Å². The molecule has 4 aromatic rings. The maximum atomic E-state index is 13.9. The standard InChI is InChI=1S/C47H58N6O5Si/c1-29(2)59(30(3)4,31(5)6)16-15-34-11-10-12-35-17-39(57-28-55-9)19-40(42(34)35)36-18-41-43(49-22-36)44(58-46(54)53-37-13-14-38(53)24-48-23-37)51-45(50-41)56-27-47-20-32(7)25-52(47)26-33(8)21-47/h10-12,17-19,22,29-31,37-38,48H,7-8,13-14,20-21,23-28H2,1-6,9H3. The molecule has 0 spiro atoms. The van der Waals surface area contributed by atoms with E-state index in [1.807, 2.05) is 23.1 Å². The van der Waals surface area contributed by atoms with Crippen LogP contribution in [-0.2, 0) is 4.74 Å².